The van der Waals surface area contributed by atoms with Crippen LogP contribution in [-0.4, -0.2) is 35.9 Å². The van der Waals surface area contributed by atoms with Gasteiger partial charge in [-0.25, -0.2) is 0 Å². The summed E-state index contributed by atoms with van der Waals surface area (Å²) in [5.74, 6) is -0.554. The lowest BCUT2D eigenvalue weighted by Crippen LogP contribution is -2.57. The van der Waals surface area contributed by atoms with Crippen molar-refractivity contribution in [3.63, 3.8) is 0 Å². The molecule has 88 valence electrons. The predicted octanol–water partition coefficient (Wildman–Crippen LogP) is 1.25. The van der Waals surface area contributed by atoms with E-state index < -0.39 is 11.5 Å². The number of carboxylic acids is 1. The van der Waals surface area contributed by atoms with Crippen LogP contribution < -0.4 is 5.32 Å². The van der Waals surface area contributed by atoms with Crippen molar-refractivity contribution in [1.29, 1.82) is 0 Å². The predicted molar refractivity (Wildman–Crippen MR) is 57.9 cm³/mol. The third-order valence-corrected chi connectivity index (χ3v) is 2.79. The van der Waals surface area contributed by atoms with Crippen molar-refractivity contribution in [2.75, 3.05) is 13.2 Å². The Kier molecular flexibility index (Phi) is 4.11. The number of hydrogen-bond donors (Lipinski definition) is 2. The summed E-state index contributed by atoms with van der Waals surface area (Å²) in [6, 6.07) is 0. The van der Waals surface area contributed by atoms with Crippen molar-refractivity contribution >= 4 is 5.97 Å². The Bertz CT molecular complexity index is 226. The number of carbonyl (C=O) groups is 1. The van der Waals surface area contributed by atoms with Crippen LogP contribution in [0.4, 0.5) is 0 Å². The molecule has 1 unspecified atom stereocenters. The molecule has 1 aliphatic carbocycles. The fraction of sp³-hybridized carbons (Fsp3) is 0.909. The molecule has 0 heterocycles. The quantitative estimate of drug-likeness (QED) is 0.671. The second-order valence-electron chi connectivity index (χ2n) is 4.44. The Labute approximate surface area is 91.0 Å². The molecule has 1 fully saturated rings. The highest BCUT2D eigenvalue weighted by molar-refractivity contribution is 5.80. The highest BCUT2D eigenvalue weighted by Gasteiger charge is 2.51. The lowest BCUT2D eigenvalue weighted by molar-refractivity contribution is -0.150. The molecule has 0 aromatic heterocycles. The first-order valence-electron chi connectivity index (χ1n) is 5.63. The van der Waals surface area contributed by atoms with Gasteiger partial charge < -0.3 is 9.84 Å². The largest absolute Gasteiger partial charge is 0.480 e. The molecule has 0 amide bonds. The summed E-state index contributed by atoms with van der Waals surface area (Å²) < 4.78 is 5.48. The molecule has 1 rings (SSSR count). The lowest BCUT2D eigenvalue weighted by atomic mass is 9.94. The van der Waals surface area contributed by atoms with Gasteiger partial charge in [0, 0.05) is 0 Å². The Morgan fingerprint density at radius 2 is 2.20 bits per heavy atom. The van der Waals surface area contributed by atoms with E-state index in [2.05, 4.69) is 5.32 Å². The number of likely N-dealkylation sites (N-methyl/N-ethyl adjacent to an activating group) is 1. The zero-order valence-corrected chi connectivity index (χ0v) is 9.75. The first kappa shape index (κ1) is 12.5. The minimum absolute atomic E-state index is 0.0705. The molecule has 1 atom stereocenters. The summed E-state index contributed by atoms with van der Waals surface area (Å²) in [7, 11) is 0. The molecule has 0 aliphatic heterocycles. The van der Waals surface area contributed by atoms with Crippen LogP contribution in [0.5, 0.6) is 0 Å². The fourth-order valence-corrected chi connectivity index (χ4v) is 1.81. The maximum atomic E-state index is 11.4. The van der Waals surface area contributed by atoms with Gasteiger partial charge in [0.25, 0.3) is 0 Å². The molecule has 4 nitrogen and oxygen atoms in total. The van der Waals surface area contributed by atoms with E-state index in [1.807, 2.05) is 20.8 Å². The van der Waals surface area contributed by atoms with Crippen molar-refractivity contribution in [2.45, 2.75) is 45.3 Å². The van der Waals surface area contributed by atoms with Crippen molar-refractivity contribution in [3.8, 4) is 0 Å². The van der Waals surface area contributed by atoms with Gasteiger partial charge in [-0.15, -0.1) is 0 Å². The van der Waals surface area contributed by atoms with Gasteiger partial charge in [0.05, 0.1) is 12.7 Å². The smallest absolute Gasteiger partial charge is 0.326 e. The lowest BCUT2D eigenvalue weighted by Gasteiger charge is -2.31. The number of carboxylic acid groups (broad SMARTS) is 1. The maximum absolute atomic E-state index is 11.4. The van der Waals surface area contributed by atoms with E-state index in [-0.39, 0.29) is 18.6 Å². The van der Waals surface area contributed by atoms with Gasteiger partial charge in [0.1, 0.15) is 5.54 Å². The van der Waals surface area contributed by atoms with Crippen molar-refractivity contribution in [1.82, 2.24) is 5.32 Å². The topological polar surface area (TPSA) is 58.6 Å². The molecule has 1 aliphatic rings. The van der Waals surface area contributed by atoms with Crippen LogP contribution >= 0.6 is 0 Å². The SMILES string of the molecule is CCNC(COC(C)C)(C(=O)O)C1CC1. The van der Waals surface area contributed by atoms with E-state index in [1.165, 1.54) is 0 Å². The van der Waals surface area contributed by atoms with Gasteiger partial charge in [-0.1, -0.05) is 6.92 Å². The Balaban J connectivity index is 2.67. The van der Waals surface area contributed by atoms with E-state index in [0.29, 0.717) is 6.54 Å². The molecule has 4 heteroatoms. The van der Waals surface area contributed by atoms with Gasteiger partial charge in [-0.2, -0.15) is 0 Å². The normalized spacial score (nSPS) is 20.3. The van der Waals surface area contributed by atoms with Crippen LogP contribution in [0.3, 0.4) is 0 Å². The number of rotatable bonds is 7. The fourth-order valence-electron chi connectivity index (χ4n) is 1.81. The molecule has 15 heavy (non-hydrogen) atoms. The van der Waals surface area contributed by atoms with Crippen LogP contribution in [0.25, 0.3) is 0 Å². The second kappa shape index (κ2) is 4.94. The first-order chi connectivity index (χ1) is 7.03. The molecular formula is C11H21NO3. The zero-order chi connectivity index (χ0) is 11.5. The van der Waals surface area contributed by atoms with E-state index in [9.17, 15) is 9.90 Å². The molecular weight excluding hydrogens is 194 g/mol. The minimum atomic E-state index is -0.862. The van der Waals surface area contributed by atoms with Crippen LogP contribution in [0, 0.1) is 5.92 Å². The van der Waals surface area contributed by atoms with E-state index >= 15 is 0 Å². The Morgan fingerprint density at radius 1 is 1.60 bits per heavy atom. The Hall–Kier alpha value is -0.610. The zero-order valence-electron chi connectivity index (χ0n) is 9.75. The van der Waals surface area contributed by atoms with Gasteiger partial charge in [0.15, 0.2) is 0 Å². The van der Waals surface area contributed by atoms with E-state index in [0.717, 1.165) is 12.8 Å². The number of ether oxygens (including phenoxy) is 1. The molecule has 1 saturated carbocycles. The van der Waals surface area contributed by atoms with Crippen LogP contribution in [-0.2, 0) is 9.53 Å². The van der Waals surface area contributed by atoms with E-state index in [1.54, 1.807) is 0 Å². The van der Waals surface area contributed by atoms with Gasteiger partial charge >= 0.3 is 5.97 Å². The minimum Gasteiger partial charge on any atom is -0.480 e. The number of hydrogen-bond acceptors (Lipinski definition) is 3. The maximum Gasteiger partial charge on any atom is 0.326 e. The summed E-state index contributed by atoms with van der Waals surface area (Å²) >= 11 is 0. The van der Waals surface area contributed by atoms with Crippen molar-refractivity contribution in [3.05, 3.63) is 0 Å². The molecule has 0 radical (unpaired) electrons. The van der Waals surface area contributed by atoms with Gasteiger partial charge in [-0.3, -0.25) is 10.1 Å². The highest BCUT2D eigenvalue weighted by atomic mass is 16.5. The summed E-state index contributed by atoms with van der Waals surface area (Å²) in [5, 5.41) is 12.4. The summed E-state index contributed by atoms with van der Waals surface area (Å²) in [6.07, 6.45) is 2.04. The van der Waals surface area contributed by atoms with Crippen molar-refractivity contribution in [2.24, 2.45) is 5.92 Å². The third kappa shape index (κ3) is 2.92. The molecule has 0 bridgehead atoms. The average molecular weight is 215 g/mol. The van der Waals surface area contributed by atoms with E-state index in [4.69, 9.17) is 4.74 Å². The average Bonchev–Trinajstić information content (AvgIpc) is 2.94. The molecule has 0 aromatic carbocycles. The molecule has 0 spiro atoms. The monoisotopic (exact) mass is 215 g/mol. The van der Waals surface area contributed by atoms with Crippen LogP contribution in [0.15, 0.2) is 0 Å². The van der Waals surface area contributed by atoms with Gasteiger partial charge in [0.2, 0.25) is 0 Å². The summed E-state index contributed by atoms with van der Waals surface area (Å²) in [5.41, 5.74) is -0.862. The molecule has 0 aromatic rings. The standard InChI is InChI=1S/C11H21NO3/c1-4-12-11(10(13)14,9-5-6-9)7-15-8(2)3/h8-9,12H,4-7H2,1-3H3,(H,13,14). The number of aliphatic carboxylic acids is 1. The summed E-state index contributed by atoms with van der Waals surface area (Å²) in [6.45, 7) is 6.69. The Morgan fingerprint density at radius 3 is 2.53 bits per heavy atom. The first-order valence-corrected chi connectivity index (χ1v) is 5.63. The summed E-state index contributed by atoms with van der Waals surface area (Å²) in [4.78, 5) is 11.4. The second-order valence-corrected chi connectivity index (χ2v) is 4.44. The third-order valence-electron chi connectivity index (χ3n) is 2.79. The number of nitrogens with one attached hydrogen (secondary N) is 1. The molecule has 0 saturated heterocycles. The van der Waals surface area contributed by atoms with Crippen molar-refractivity contribution < 1.29 is 14.6 Å². The molecule has 2 N–H and O–H groups in total. The highest BCUT2D eigenvalue weighted by Crippen LogP contribution is 2.40. The van der Waals surface area contributed by atoms with Gasteiger partial charge in [-0.05, 0) is 39.2 Å². The van der Waals surface area contributed by atoms with Crippen LogP contribution in [0.1, 0.15) is 33.6 Å². The van der Waals surface area contributed by atoms with Crippen LogP contribution in [0.2, 0.25) is 0 Å².